The minimum absolute atomic E-state index is 0.0745. The first-order valence-electron chi connectivity index (χ1n) is 5.70. The normalized spacial score (nSPS) is 11.4. The summed E-state index contributed by atoms with van der Waals surface area (Å²) in [6.07, 6.45) is -3.38. The predicted molar refractivity (Wildman–Crippen MR) is 65.6 cm³/mol. The van der Waals surface area contributed by atoms with Crippen LogP contribution in [-0.4, -0.2) is 34.6 Å². The highest BCUT2D eigenvalue weighted by molar-refractivity contribution is 5.72. The highest BCUT2D eigenvalue weighted by Gasteiger charge is 2.34. The molecule has 0 unspecified atom stereocenters. The van der Waals surface area contributed by atoms with Crippen LogP contribution in [0.25, 0.3) is 11.5 Å². The van der Waals surface area contributed by atoms with Crippen LogP contribution in [0.3, 0.4) is 0 Å². The van der Waals surface area contributed by atoms with Gasteiger partial charge in [0.2, 0.25) is 5.95 Å². The quantitative estimate of drug-likeness (QED) is 0.933. The van der Waals surface area contributed by atoms with E-state index in [1.54, 1.807) is 0 Å². The van der Waals surface area contributed by atoms with Crippen molar-refractivity contribution in [3.05, 3.63) is 30.2 Å². The Hall–Kier alpha value is -2.58. The van der Waals surface area contributed by atoms with E-state index >= 15 is 0 Å². The van der Waals surface area contributed by atoms with Crippen molar-refractivity contribution in [2.45, 2.75) is 6.18 Å². The van der Waals surface area contributed by atoms with Crippen LogP contribution in [-0.2, 0) is 11.0 Å². The summed E-state index contributed by atoms with van der Waals surface area (Å²) in [7, 11) is 1.29. The topological polar surface area (TPSA) is 79.5 Å². The van der Waals surface area contributed by atoms with Gasteiger partial charge in [-0.1, -0.05) is 0 Å². The largest absolute Gasteiger partial charge is 0.480 e. The minimum Gasteiger partial charge on any atom is -0.480 e. The fourth-order valence-corrected chi connectivity index (χ4v) is 1.57. The number of likely N-dealkylation sites (N-methyl/N-ethyl adjacent to an activating group) is 1. The number of hydrogen-bond acceptors (Lipinski definition) is 5. The summed E-state index contributed by atoms with van der Waals surface area (Å²) >= 11 is 0. The van der Waals surface area contributed by atoms with E-state index < -0.39 is 24.4 Å². The summed E-state index contributed by atoms with van der Waals surface area (Å²) in [5.74, 6) is -1.43. The SMILES string of the molecule is CN(CC(=O)O)c1nc(-c2ccco2)cc(C(F)(F)F)n1. The lowest BCUT2D eigenvalue weighted by Crippen LogP contribution is -2.28. The molecule has 2 aromatic heterocycles. The molecule has 0 radical (unpaired) electrons. The van der Waals surface area contributed by atoms with Crippen molar-refractivity contribution >= 4 is 11.9 Å². The molecule has 21 heavy (non-hydrogen) atoms. The molecule has 6 nitrogen and oxygen atoms in total. The Morgan fingerprint density at radius 2 is 2.14 bits per heavy atom. The van der Waals surface area contributed by atoms with E-state index in [1.165, 1.54) is 25.4 Å². The van der Waals surface area contributed by atoms with E-state index in [0.717, 1.165) is 11.0 Å². The zero-order chi connectivity index (χ0) is 15.6. The van der Waals surface area contributed by atoms with Gasteiger partial charge in [-0.15, -0.1) is 0 Å². The van der Waals surface area contributed by atoms with Gasteiger partial charge in [-0.25, -0.2) is 9.97 Å². The second-order valence-electron chi connectivity index (χ2n) is 4.16. The number of aliphatic carboxylic acids is 1. The van der Waals surface area contributed by atoms with Crippen molar-refractivity contribution in [1.29, 1.82) is 0 Å². The van der Waals surface area contributed by atoms with Crippen LogP contribution in [0.4, 0.5) is 19.1 Å². The summed E-state index contributed by atoms with van der Waals surface area (Å²) in [6, 6.07) is 3.70. The second-order valence-corrected chi connectivity index (χ2v) is 4.16. The maximum Gasteiger partial charge on any atom is 0.433 e. The van der Waals surface area contributed by atoms with Gasteiger partial charge in [-0.05, 0) is 18.2 Å². The first-order valence-corrected chi connectivity index (χ1v) is 5.70. The fraction of sp³-hybridized carbons (Fsp3) is 0.250. The Labute approximate surface area is 116 Å². The highest BCUT2D eigenvalue weighted by atomic mass is 19.4. The average Bonchev–Trinajstić information content (AvgIpc) is 2.90. The van der Waals surface area contributed by atoms with Crippen molar-refractivity contribution < 1.29 is 27.5 Å². The molecule has 0 fully saturated rings. The second kappa shape index (κ2) is 5.43. The lowest BCUT2D eigenvalue weighted by Gasteiger charge is -2.16. The van der Waals surface area contributed by atoms with Crippen LogP contribution < -0.4 is 4.90 Å². The standard InChI is InChI=1S/C12H10F3N3O3/c1-18(6-10(19)20)11-16-7(8-3-2-4-21-8)5-9(17-11)12(13,14)15/h2-5H,6H2,1H3,(H,19,20). The number of alkyl halides is 3. The summed E-state index contributed by atoms with van der Waals surface area (Å²) in [5, 5.41) is 8.69. The number of carboxylic acid groups (broad SMARTS) is 1. The highest BCUT2D eigenvalue weighted by Crippen LogP contribution is 2.31. The summed E-state index contributed by atoms with van der Waals surface area (Å²) < 4.78 is 43.6. The Kier molecular flexibility index (Phi) is 3.83. The van der Waals surface area contributed by atoms with Crippen molar-refractivity contribution in [1.82, 2.24) is 9.97 Å². The van der Waals surface area contributed by atoms with Gasteiger partial charge < -0.3 is 14.4 Å². The predicted octanol–water partition coefficient (Wildman–Crippen LogP) is 2.28. The number of anilines is 1. The van der Waals surface area contributed by atoms with Crippen LogP contribution in [0, 0.1) is 0 Å². The van der Waals surface area contributed by atoms with Crippen molar-refractivity contribution in [3.8, 4) is 11.5 Å². The molecular weight excluding hydrogens is 291 g/mol. The van der Waals surface area contributed by atoms with Gasteiger partial charge in [0.25, 0.3) is 0 Å². The van der Waals surface area contributed by atoms with Gasteiger partial charge in [-0.3, -0.25) is 4.79 Å². The molecule has 0 spiro atoms. The molecule has 0 aromatic carbocycles. The van der Waals surface area contributed by atoms with E-state index in [1.807, 2.05) is 0 Å². The number of halogens is 3. The molecule has 0 saturated carbocycles. The number of carbonyl (C=O) groups is 1. The lowest BCUT2D eigenvalue weighted by atomic mass is 10.2. The Morgan fingerprint density at radius 1 is 1.43 bits per heavy atom. The van der Waals surface area contributed by atoms with Crippen molar-refractivity contribution in [2.24, 2.45) is 0 Å². The van der Waals surface area contributed by atoms with Crippen molar-refractivity contribution in [2.75, 3.05) is 18.5 Å². The van der Waals surface area contributed by atoms with Gasteiger partial charge in [0, 0.05) is 7.05 Å². The molecule has 0 bridgehead atoms. The average molecular weight is 301 g/mol. The molecule has 0 atom stereocenters. The maximum absolute atomic E-state index is 12.9. The number of rotatable bonds is 4. The molecule has 0 aliphatic carbocycles. The summed E-state index contributed by atoms with van der Waals surface area (Å²) in [6.45, 7) is -0.529. The van der Waals surface area contributed by atoms with Gasteiger partial charge in [-0.2, -0.15) is 13.2 Å². The van der Waals surface area contributed by atoms with Gasteiger partial charge in [0.15, 0.2) is 11.5 Å². The van der Waals surface area contributed by atoms with E-state index in [9.17, 15) is 18.0 Å². The van der Waals surface area contributed by atoms with E-state index in [-0.39, 0.29) is 17.4 Å². The van der Waals surface area contributed by atoms with Crippen LogP contribution in [0.15, 0.2) is 28.9 Å². The fourth-order valence-electron chi connectivity index (χ4n) is 1.57. The first kappa shape index (κ1) is 14.8. The zero-order valence-corrected chi connectivity index (χ0v) is 10.8. The number of aromatic nitrogens is 2. The Balaban J connectivity index is 2.50. The molecule has 0 aliphatic rings. The summed E-state index contributed by atoms with van der Waals surface area (Å²) in [5.41, 5.74) is -1.24. The first-order chi connectivity index (χ1) is 9.77. The Bertz CT molecular complexity index is 641. The monoisotopic (exact) mass is 301 g/mol. The zero-order valence-electron chi connectivity index (χ0n) is 10.8. The third kappa shape index (κ3) is 3.50. The number of furan rings is 1. The molecule has 112 valence electrons. The molecule has 9 heteroatoms. The molecular formula is C12H10F3N3O3. The molecule has 0 aliphatic heterocycles. The van der Waals surface area contributed by atoms with Crippen molar-refractivity contribution in [3.63, 3.8) is 0 Å². The van der Waals surface area contributed by atoms with Crippen LogP contribution in [0.1, 0.15) is 5.69 Å². The van der Waals surface area contributed by atoms with Gasteiger partial charge in [0.05, 0.1) is 6.26 Å². The molecule has 0 amide bonds. The Morgan fingerprint density at radius 3 is 2.67 bits per heavy atom. The number of hydrogen-bond donors (Lipinski definition) is 1. The van der Waals surface area contributed by atoms with E-state index in [4.69, 9.17) is 9.52 Å². The third-order valence-corrected chi connectivity index (χ3v) is 2.49. The van der Waals surface area contributed by atoms with Crippen LogP contribution in [0.2, 0.25) is 0 Å². The molecule has 0 saturated heterocycles. The van der Waals surface area contributed by atoms with E-state index in [0.29, 0.717) is 0 Å². The molecule has 1 N–H and O–H groups in total. The van der Waals surface area contributed by atoms with Gasteiger partial charge >= 0.3 is 12.1 Å². The van der Waals surface area contributed by atoms with Gasteiger partial charge in [0.1, 0.15) is 12.2 Å². The van der Waals surface area contributed by atoms with Crippen LogP contribution in [0.5, 0.6) is 0 Å². The number of nitrogens with zero attached hydrogens (tertiary/aromatic N) is 3. The minimum atomic E-state index is -4.68. The van der Waals surface area contributed by atoms with E-state index in [2.05, 4.69) is 9.97 Å². The maximum atomic E-state index is 12.9. The molecule has 2 rings (SSSR count). The summed E-state index contributed by atoms with van der Waals surface area (Å²) in [4.78, 5) is 18.9. The molecule has 2 aromatic rings. The lowest BCUT2D eigenvalue weighted by molar-refractivity contribution is -0.141. The third-order valence-electron chi connectivity index (χ3n) is 2.49. The number of carboxylic acids is 1. The smallest absolute Gasteiger partial charge is 0.433 e. The van der Waals surface area contributed by atoms with Crippen LogP contribution >= 0.6 is 0 Å². The molecule has 2 heterocycles.